The second-order valence-corrected chi connectivity index (χ2v) is 6.06. The summed E-state index contributed by atoms with van der Waals surface area (Å²) in [7, 11) is 2.00. The summed E-state index contributed by atoms with van der Waals surface area (Å²) in [6.45, 7) is 8.99. The van der Waals surface area contributed by atoms with Crippen LogP contribution in [0.2, 0.25) is 0 Å². The van der Waals surface area contributed by atoms with Crippen LogP contribution in [0.4, 0.5) is 5.82 Å². The van der Waals surface area contributed by atoms with Crippen LogP contribution in [0.5, 0.6) is 0 Å². The van der Waals surface area contributed by atoms with E-state index in [4.69, 9.17) is 5.73 Å². The number of nitrogens with two attached hydrogens (primary N) is 1. The molecule has 0 radical (unpaired) electrons. The minimum atomic E-state index is 0.0366. The molecule has 0 aliphatic carbocycles. The molecule has 0 bridgehead atoms. The van der Waals surface area contributed by atoms with Crippen molar-refractivity contribution in [2.45, 2.75) is 45.2 Å². The van der Waals surface area contributed by atoms with Gasteiger partial charge in [-0.2, -0.15) is 0 Å². The Morgan fingerprint density at radius 1 is 1.37 bits per heavy atom. The molecule has 1 aromatic rings. The van der Waals surface area contributed by atoms with E-state index < -0.39 is 0 Å². The number of pyridine rings is 1. The highest BCUT2D eigenvalue weighted by molar-refractivity contribution is 5.44. The Bertz CT molecular complexity index is 436. The number of nitrogens with zero attached hydrogens (tertiary/aromatic N) is 2. The predicted molar refractivity (Wildman–Crippen MR) is 80.1 cm³/mol. The first-order valence-corrected chi connectivity index (χ1v) is 7.11. The van der Waals surface area contributed by atoms with Gasteiger partial charge in [0.25, 0.3) is 0 Å². The van der Waals surface area contributed by atoms with E-state index in [1.54, 1.807) is 0 Å². The molecule has 0 aromatic carbocycles. The Morgan fingerprint density at radius 2 is 2.00 bits per heavy atom. The second-order valence-electron chi connectivity index (χ2n) is 6.06. The number of nitrogen functional groups attached to an aromatic ring is 1. The van der Waals surface area contributed by atoms with Crippen molar-refractivity contribution in [1.82, 2.24) is 15.2 Å². The molecule has 1 unspecified atom stereocenters. The minimum absolute atomic E-state index is 0.0366. The molecular weight excluding hydrogens is 236 g/mol. The summed E-state index contributed by atoms with van der Waals surface area (Å²) < 4.78 is 0. The fourth-order valence-corrected chi connectivity index (χ4v) is 3.20. The summed E-state index contributed by atoms with van der Waals surface area (Å²) in [4.78, 5) is 6.86. The summed E-state index contributed by atoms with van der Waals surface area (Å²) in [5.74, 6) is 0.636. The van der Waals surface area contributed by atoms with Crippen LogP contribution in [0.1, 0.15) is 43.9 Å². The van der Waals surface area contributed by atoms with Crippen molar-refractivity contribution in [3.05, 3.63) is 23.4 Å². The normalized spacial score (nSPS) is 18.7. The fraction of sp³-hybridized carbons (Fsp3) is 0.667. The zero-order valence-electron chi connectivity index (χ0n) is 12.5. The first-order valence-electron chi connectivity index (χ1n) is 7.11. The molecule has 4 nitrogen and oxygen atoms in total. The van der Waals surface area contributed by atoms with Crippen molar-refractivity contribution < 1.29 is 0 Å². The smallest absolute Gasteiger partial charge is 0.128 e. The molecule has 1 aliphatic heterocycles. The topological polar surface area (TPSA) is 54.2 Å². The van der Waals surface area contributed by atoms with Crippen LogP contribution in [0.3, 0.4) is 0 Å². The molecule has 1 aromatic heterocycles. The van der Waals surface area contributed by atoms with Crippen LogP contribution in [0, 0.1) is 6.92 Å². The molecule has 1 aliphatic rings. The molecule has 1 saturated heterocycles. The Labute approximate surface area is 116 Å². The van der Waals surface area contributed by atoms with Crippen molar-refractivity contribution in [3.8, 4) is 0 Å². The van der Waals surface area contributed by atoms with Crippen molar-refractivity contribution >= 4 is 5.82 Å². The lowest BCUT2D eigenvalue weighted by molar-refractivity contribution is 0.110. The number of anilines is 1. The molecule has 3 N–H and O–H groups in total. The van der Waals surface area contributed by atoms with Gasteiger partial charge in [-0.05, 0) is 65.4 Å². The van der Waals surface area contributed by atoms with Crippen molar-refractivity contribution in [2.24, 2.45) is 0 Å². The molecule has 0 spiro atoms. The maximum absolute atomic E-state index is 6.09. The van der Waals surface area contributed by atoms with Crippen molar-refractivity contribution in [2.75, 3.05) is 25.9 Å². The van der Waals surface area contributed by atoms with Gasteiger partial charge >= 0.3 is 0 Å². The van der Waals surface area contributed by atoms with Gasteiger partial charge in [0.15, 0.2) is 0 Å². The highest BCUT2D eigenvalue weighted by atomic mass is 15.2. The lowest BCUT2D eigenvalue weighted by atomic mass is 9.87. The van der Waals surface area contributed by atoms with Gasteiger partial charge in [0.1, 0.15) is 5.82 Å². The number of likely N-dealkylation sites (N-methyl/N-ethyl adjacent to an activating group) is 1. The number of hydrogen-bond acceptors (Lipinski definition) is 4. The van der Waals surface area contributed by atoms with Crippen LogP contribution in [0.25, 0.3) is 0 Å². The SMILES string of the molecule is CNC(c1cc(C)cnc1N)C(C)(C)N1CCCC1. The monoisotopic (exact) mass is 262 g/mol. The van der Waals surface area contributed by atoms with Gasteiger partial charge in [-0.3, -0.25) is 4.90 Å². The van der Waals surface area contributed by atoms with E-state index in [0.29, 0.717) is 5.82 Å². The van der Waals surface area contributed by atoms with Gasteiger partial charge in [0.2, 0.25) is 0 Å². The molecule has 2 rings (SSSR count). The fourth-order valence-electron chi connectivity index (χ4n) is 3.20. The largest absolute Gasteiger partial charge is 0.383 e. The lowest BCUT2D eigenvalue weighted by Crippen LogP contribution is -2.51. The average molecular weight is 262 g/mol. The standard InChI is InChI=1S/C15H26N4/c1-11-9-12(14(16)18-10-11)13(17-4)15(2,3)19-7-5-6-8-19/h9-10,13,17H,5-8H2,1-4H3,(H2,16,18). The molecule has 2 heterocycles. The Balaban J connectivity index is 2.35. The van der Waals surface area contributed by atoms with Crippen LogP contribution >= 0.6 is 0 Å². The summed E-state index contributed by atoms with van der Waals surface area (Å²) in [6.07, 6.45) is 4.41. The van der Waals surface area contributed by atoms with Gasteiger partial charge in [-0.25, -0.2) is 4.98 Å². The van der Waals surface area contributed by atoms with Crippen molar-refractivity contribution in [1.29, 1.82) is 0 Å². The second kappa shape index (κ2) is 5.47. The Kier molecular flexibility index (Phi) is 4.11. The summed E-state index contributed by atoms with van der Waals surface area (Å²) in [6, 6.07) is 2.35. The summed E-state index contributed by atoms with van der Waals surface area (Å²) >= 11 is 0. The zero-order valence-corrected chi connectivity index (χ0v) is 12.5. The van der Waals surface area contributed by atoms with Crippen LogP contribution < -0.4 is 11.1 Å². The highest BCUT2D eigenvalue weighted by Gasteiger charge is 2.37. The lowest BCUT2D eigenvalue weighted by Gasteiger charge is -2.42. The van der Waals surface area contributed by atoms with E-state index in [1.807, 2.05) is 13.2 Å². The van der Waals surface area contributed by atoms with Crippen LogP contribution in [0.15, 0.2) is 12.3 Å². The van der Waals surface area contributed by atoms with Gasteiger partial charge in [-0.15, -0.1) is 0 Å². The number of hydrogen-bond donors (Lipinski definition) is 2. The van der Waals surface area contributed by atoms with Gasteiger partial charge in [0, 0.05) is 17.3 Å². The number of aryl methyl sites for hydroxylation is 1. The van der Waals surface area contributed by atoms with Gasteiger partial charge in [-0.1, -0.05) is 0 Å². The third-order valence-electron chi connectivity index (χ3n) is 4.31. The number of likely N-dealkylation sites (tertiary alicyclic amines) is 1. The summed E-state index contributed by atoms with van der Waals surface area (Å²) in [5.41, 5.74) is 8.39. The average Bonchev–Trinajstić information content (AvgIpc) is 2.88. The van der Waals surface area contributed by atoms with E-state index in [-0.39, 0.29) is 11.6 Å². The molecule has 1 atom stereocenters. The molecule has 19 heavy (non-hydrogen) atoms. The van der Waals surface area contributed by atoms with E-state index in [0.717, 1.165) is 11.1 Å². The first kappa shape index (κ1) is 14.3. The van der Waals surface area contributed by atoms with E-state index in [9.17, 15) is 0 Å². The number of rotatable bonds is 4. The minimum Gasteiger partial charge on any atom is -0.383 e. The van der Waals surface area contributed by atoms with E-state index in [1.165, 1.54) is 25.9 Å². The van der Waals surface area contributed by atoms with Gasteiger partial charge < -0.3 is 11.1 Å². The van der Waals surface area contributed by atoms with Crippen LogP contribution in [-0.2, 0) is 0 Å². The van der Waals surface area contributed by atoms with Crippen molar-refractivity contribution in [3.63, 3.8) is 0 Å². The highest BCUT2D eigenvalue weighted by Crippen LogP contribution is 2.35. The molecule has 1 fully saturated rings. The Morgan fingerprint density at radius 3 is 2.58 bits per heavy atom. The maximum Gasteiger partial charge on any atom is 0.128 e. The third kappa shape index (κ3) is 2.74. The zero-order chi connectivity index (χ0) is 14.0. The molecule has 0 amide bonds. The molecule has 0 saturated carbocycles. The predicted octanol–water partition coefficient (Wildman–Crippen LogP) is 2.11. The van der Waals surface area contributed by atoms with Crippen LogP contribution in [-0.4, -0.2) is 35.6 Å². The number of aromatic nitrogens is 1. The quantitative estimate of drug-likeness (QED) is 0.872. The van der Waals surface area contributed by atoms with Gasteiger partial charge in [0.05, 0.1) is 6.04 Å². The molecule has 106 valence electrons. The molecule has 4 heteroatoms. The number of nitrogens with one attached hydrogen (secondary N) is 1. The first-order chi connectivity index (χ1) is 8.96. The third-order valence-corrected chi connectivity index (χ3v) is 4.31. The maximum atomic E-state index is 6.09. The summed E-state index contributed by atoms with van der Waals surface area (Å²) in [5, 5.41) is 3.44. The molecular formula is C15H26N4. The van der Waals surface area contributed by atoms with E-state index in [2.05, 4.69) is 42.0 Å². The van der Waals surface area contributed by atoms with E-state index >= 15 is 0 Å². The Hall–Kier alpha value is -1.13.